The van der Waals surface area contributed by atoms with E-state index in [0.717, 1.165) is 0 Å². The normalized spacial score (nSPS) is 24.7. The number of fused-ring (bicyclic) bond motifs is 1. The number of esters is 1. The molecule has 0 radical (unpaired) electrons. The van der Waals surface area contributed by atoms with Gasteiger partial charge in [0.05, 0.1) is 18.4 Å². The van der Waals surface area contributed by atoms with Crippen molar-refractivity contribution in [2.24, 2.45) is 4.99 Å². The Morgan fingerprint density at radius 1 is 1.36 bits per heavy atom. The van der Waals surface area contributed by atoms with E-state index in [1.807, 2.05) is 10.3 Å². The van der Waals surface area contributed by atoms with E-state index in [1.54, 1.807) is 6.20 Å². The van der Waals surface area contributed by atoms with Crippen molar-refractivity contribution in [3.8, 4) is 0 Å². The molecule has 33 heavy (non-hydrogen) atoms. The van der Waals surface area contributed by atoms with Crippen LogP contribution in [0, 0.1) is 5.82 Å². The Balaban J connectivity index is 1.67. The molecule has 0 bridgehead atoms. The second-order valence-electron chi connectivity index (χ2n) is 7.96. The lowest BCUT2D eigenvalue weighted by molar-refractivity contribution is -0.136. The van der Waals surface area contributed by atoms with E-state index < -0.39 is 27.9 Å². The number of aliphatic imine (C=N–C) groups is 1. The van der Waals surface area contributed by atoms with E-state index in [1.165, 1.54) is 41.0 Å². The Hall–Kier alpha value is -2.34. The number of benzene rings is 1. The Bertz CT molecular complexity index is 1280. The van der Waals surface area contributed by atoms with E-state index in [-0.39, 0.29) is 22.4 Å². The van der Waals surface area contributed by atoms with Crippen LogP contribution in [0.25, 0.3) is 0 Å². The second kappa shape index (κ2) is 8.46. The maximum absolute atomic E-state index is 13.7. The summed E-state index contributed by atoms with van der Waals surface area (Å²) in [6.07, 6.45) is 2.55. The second-order valence-corrected chi connectivity index (χ2v) is 11.3. The maximum atomic E-state index is 13.7. The largest absolute Gasteiger partial charge is 0.466 e. The SMILES string of the molecule is COC(=O)C1=C2C[C@H](N3CCCS3(=O)=O)CN2C(c2nccs2)=N[C@H]1c1ccc(F)cc1Cl. The quantitative estimate of drug-likeness (QED) is 0.587. The van der Waals surface area contributed by atoms with Crippen LogP contribution in [0.1, 0.15) is 29.5 Å². The molecule has 3 aliphatic rings. The van der Waals surface area contributed by atoms with Gasteiger partial charge in [-0.3, -0.25) is 4.99 Å². The number of rotatable bonds is 4. The van der Waals surface area contributed by atoms with E-state index >= 15 is 0 Å². The van der Waals surface area contributed by atoms with E-state index in [0.29, 0.717) is 48.0 Å². The van der Waals surface area contributed by atoms with Crippen LogP contribution in [-0.2, 0) is 19.6 Å². The first kappa shape index (κ1) is 22.5. The fourth-order valence-electron chi connectivity index (χ4n) is 4.66. The third kappa shape index (κ3) is 3.86. The molecular formula is C21H20ClFN4O4S2. The minimum atomic E-state index is -3.35. The standard InChI is InChI=1S/C21H20ClFN4O4S2/c1-31-21(28)17-16-10-13(27-6-2-8-33(27,29)30)11-26(16)19(20-24-5-7-32-20)25-18(17)14-4-3-12(23)9-15(14)22/h3-5,7,9,13,18H,2,6,8,10-11H2,1H3/t13-,18-/m0/s1. The zero-order valence-electron chi connectivity index (χ0n) is 17.6. The molecule has 2 atom stereocenters. The van der Waals surface area contributed by atoms with Crippen molar-refractivity contribution in [1.29, 1.82) is 0 Å². The molecule has 0 aliphatic carbocycles. The van der Waals surface area contributed by atoms with E-state index in [2.05, 4.69) is 4.98 Å². The minimum absolute atomic E-state index is 0.119. The lowest BCUT2D eigenvalue weighted by Crippen LogP contribution is -2.40. The molecule has 0 N–H and O–H groups in total. The van der Waals surface area contributed by atoms with Crippen molar-refractivity contribution in [1.82, 2.24) is 14.2 Å². The van der Waals surface area contributed by atoms with Gasteiger partial charge in [0.15, 0.2) is 10.8 Å². The number of carbonyl (C=O) groups is 1. The number of ether oxygens (including phenoxy) is 1. The summed E-state index contributed by atoms with van der Waals surface area (Å²) in [6.45, 7) is 0.788. The topological polar surface area (TPSA) is 92.2 Å². The third-order valence-electron chi connectivity index (χ3n) is 6.07. The maximum Gasteiger partial charge on any atom is 0.338 e. The molecule has 4 heterocycles. The number of thiazole rings is 1. The molecule has 5 rings (SSSR count). The summed E-state index contributed by atoms with van der Waals surface area (Å²) in [5.74, 6) is -0.449. The van der Waals surface area contributed by atoms with Crippen LogP contribution < -0.4 is 0 Å². The van der Waals surface area contributed by atoms with Gasteiger partial charge in [-0.05, 0) is 18.6 Å². The Morgan fingerprint density at radius 2 is 2.18 bits per heavy atom. The summed E-state index contributed by atoms with van der Waals surface area (Å²) in [7, 11) is -2.07. The molecule has 1 aromatic carbocycles. The molecule has 2 aromatic rings. The van der Waals surface area contributed by atoms with Gasteiger partial charge < -0.3 is 9.64 Å². The van der Waals surface area contributed by atoms with Gasteiger partial charge in [0.1, 0.15) is 11.9 Å². The first-order chi connectivity index (χ1) is 15.8. The molecule has 0 amide bonds. The van der Waals surface area contributed by atoms with Crippen LogP contribution in [0.5, 0.6) is 0 Å². The summed E-state index contributed by atoms with van der Waals surface area (Å²) in [4.78, 5) is 24.1. The highest BCUT2D eigenvalue weighted by Gasteiger charge is 2.46. The number of carbonyl (C=O) groups excluding carboxylic acids is 1. The molecule has 8 nitrogen and oxygen atoms in total. The van der Waals surface area contributed by atoms with Gasteiger partial charge in [-0.1, -0.05) is 17.7 Å². The fourth-order valence-corrected chi connectivity index (χ4v) is 7.30. The van der Waals surface area contributed by atoms with Gasteiger partial charge in [0, 0.05) is 53.4 Å². The number of amidine groups is 1. The van der Waals surface area contributed by atoms with Gasteiger partial charge in [-0.25, -0.2) is 22.6 Å². The number of methoxy groups -OCH3 is 1. The van der Waals surface area contributed by atoms with Crippen molar-refractivity contribution >= 4 is 44.8 Å². The summed E-state index contributed by atoms with van der Waals surface area (Å²) in [5, 5.41) is 2.58. The zero-order valence-corrected chi connectivity index (χ0v) is 20.0. The van der Waals surface area contributed by atoms with Crippen LogP contribution in [0.3, 0.4) is 0 Å². The highest BCUT2D eigenvalue weighted by Crippen LogP contribution is 2.44. The number of hydrogen-bond acceptors (Lipinski definition) is 8. The number of halogens is 2. The summed E-state index contributed by atoms with van der Waals surface area (Å²) in [5.41, 5.74) is 1.35. The van der Waals surface area contributed by atoms with Crippen molar-refractivity contribution in [3.05, 3.63) is 62.5 Å². The van der Waals surface area contributed by atoms with Crippen LogP contribution >= 0.6 is 22.9 Å². The van der Waals surface area contributed by atoms with Crippen LogP contribution in [0.15, 0.2) is 46.0 Å². The van der Waals surface area contributed by atoms with Crippen LogP contribution in [0.2, 0.25) is 5.02 Å². The molecule has 12 heteroatoms. The Morgan fingerprint density at radius 3 is 2.82 bits per heavy atom. The Labute approximate surface area is 199 Å². The highest BCUT2D eigenvalue weighted by molar-refractivity contribution is 7.89. The third-order valence-corrected chi connectivity index (χ3v) is 9.17. The number of aromatic nitrogens is 1. The average Bonchev–Trinajstić information content (AvgIpc) is 3.51. The Kier molecular flexibility index (Phi) is 5.76. The molecular weight excluding hydrogens is 491 g/mol. The van der Waals surface area contributed by atoms with Crippen molar-refractivity contribution in [2.45, 2.75) is 24.9 Å². The molecule has 0 unspecified atom stereocenters. The first-order valence-electron chi connectivity index (χ1n) is 10.3. The van der Waals surface area contributed by atoms with Crippen molar-refractivity contribution in [2.75, 3.05) is 26.0 Å². The number of sulfonamides is 1. The number of hydrogen-bond donors (Lipinski definition) is 0. The first-order valence-corrected chi connectivity index (χ1v) is 13.2. The van der Waals surface area contributed by atoms with Gasteiger partial charge >= 0.3 is 5.97 Å². The molecule has 1 aromatic heterocycles. The summed E-state index contributed by atoms with van der Waals surface area (Å²) in [6, 6.07) is 2.75. The number of nitrogens with zero attached hydrogens (tertiary/aromatic N) is 4. The molecule has 2 saturated heterocycles. The molecule has 174 valence electrons. The zero-order chi connectivity index (χ0) is 23.3. The smallest absolute Gasteiger partial charge is 0.338 e. The predicted octanol–water partition coefficient (Wildman–Crippen LogP) is 2.97. The predicted molar refractivity (Wildman–Crippen MR) is 122 cm³/mol. The lowest BCUT2D eigenvalue weighted by Gasteiger charge is -2.31. The average molecular weight is 511 g/mol. The van der Waals surface area contributed by atoms with E-state index in [4.69, 9.17) is 21.3 Å². The summed E-state index contributed by atoms with van der Waals surface area (Å²) >= 11 is 7.75. The van der Waals surface area contributed by atoms with Gasteiger partial charge in [-0.2, -0.15) is 4.31 Å². The molecule has 0 saturated carbocycles. The highest BCUT2D eigenvalue weighted by atomic mass is 35.5. The van der Waals surface area contributed by atoms with Gasteiger partial charge in [0.25, 0.3) is 0 Å². The minimum Gasteiger partial charge on any atom is -0.466 e. The monoisotopic (exact) mass is 510 g/mol. The van der Waals surface area contributed by atoms with E-state index in [9.17, 15) is 17.6 Å². The molecule has 3 aliphatic heterocycles. The van der Waals surface area contributed by atoms with Gasteiger partial charge in [-0.15, -0.1) is 11.3 Å². The lowest BCUT2D eigenvalue weighted by atomic mass is 9.94. The van der Waals surface area contributed by atoms with Crippen molar-refractivity contribution in [3.63, 3.8) is 0 Å². The van der Waals surface area contributed by atoms with Gasteiger partial charge in [0.2, 0.25) is 10.0 Å². The van der Waals surface area contributed by atoms with Crippen molar-refractivity contribution < 1.29 is 22.3 Å². The van der Waals surface area contributed by atoms with Crippen LogP contribution in [-0.4, -0.2) is 66.4 Å². The summed E-state index contributed by atoms with van der Waals surface area (Å²) < 4.78 is 45.6. The van der Waals surface area contributed by atoms with Crippen LogP contribution in [0.4, 0.5) is 4.39 Å². The fraction of sp³-hybridized carbons (Fsp3) is 0.381. The molecule has 2 fully saturated rings. The molecule has 0 spiro atoms.